The van der Waals surface area contributed by atoms with Crippen LogP contribution in [0.25, 0.3) is 0 Å². The highest BCUT2D eigenvalue weighted by molar-refractivity contribution is 5.89. The summed E-state index contributed by atoms with van der Waals surface area (Å²) in [6, 6.07) is 5.69. The first-order chi connectivity index (χ1) is 15.9. The van der Waals surface area contributed by atoms with Gasteiger partial charge in [-0.3, -0.25) is 4.79 Å². The molecule has 0 aromatic heterocycles. The number of ether oxygens (including phenoxy) is 6. The maximum absolute atomic E-state index is 11.5. The van der Waals surface area contributed by atoms with Crippen molar-refractivity contribution in [3.8, 4) is 5.75 Å². The summed E-state index contributed by atoms with van der Waals surface area (Å²) >= 11 is 0. The second kappa shape index (κ2) is 13.9. The minimum absolute atomic E-state index is 0.0412. The van der Waals surface area contributed by atoms with Gasteiger partial charge in [0.15, 0.2) is 6.29 Å². The fourth-order valence-electron chi connectivity index (χ4n) is 3.32. The molecular weight excluding hydrogens is 438 g/mol. The predicted octanol–water partition coefficient (Wildman–Crippen LogP) is -0.0628. The number of aliphatic hydroxyl groups excluding tert-OH is 1. The highest BCUT2D eigenvalue weighted by atomic mass is 16.7. The molecule has 0 radical (unpaired) electrons. The Balaban J connectivity index is 1.65. The van der Waals surface area contributed by atoms with Gasteiger partial charge in [-0.25, -0.2) is 4.79 Å². The van der Waals surface area contributed by atoms with Crippen LogP contribution in [0.1, 0.15) is 17.3 Å². The molecule has 0 spiro atoms. The molecule has 1 aromatic rings. The third-order valence-electron chi connectivity index (χ3n) is 4.98. The number of esters is 1. The van der Waals surface area contributed by atoms with Crippen molar-refractivity contribution >= 4 is 18.2 Å². The smallest absolute Gasteiger partial charge is 0.337 e. The van der Waals surface area contributed by atoms with Crippen LogP contribution in [0.15, 0.2) is 24.3 Å². The number of hydrogen-bond donors (Lipinski definition) is 2. The monoisotopic (exact) mass is 469 g/mol. The van der Waals surface area contributed by atoms with Crippen molar-refractivity contribution in [2.45, 2.75) is 31.5 Å². The van der Waals surface area contributed by atoms with E-state index in [2.05, 4.69) is 10.1 Å². The van der Waals surface area contributed by atoms with Crippen LogP contribution in [-0.2, 0) is 33.3 Å². The second-order valence-corrected chi connectivity index (χ2v) is 7.26. The number of hydrogen-bond acceptors (Lipinski definition) is 10. The summed E-state index contributed by atoms with van der Waals surface area (Å²) in [6.45, 7) is 2.50. The van der Waals surface area contributed by atoms with Crippen LogP contribution in [0.2, 0.25) is 0 Å². The topological polar surface area (TPSA) is 139 Å². The number of nitrogens with one attached hydrogen (secondary N) is 1. The molecular formula is C22H31NO10. The number of amides is 1. The van der Waals surface area contributed by atoms with E-state index < -0.39 is 36.4 Å². The van der Waals surface area contributed by atoms with E-state index in [1.54, 1.807) is 24.3 Å². The van der Waals surface area contributed by atoms with E-state index in [1.165, 1.54) is 21.1 Å². The predicted molar refractivity (Wildman–Crippen MR) is 114 cm³/mol. The molecule has 1 aliphatic heterocycles. The van der Waals surface area contributed by atoms with Crippen molar-refractivity contribution in [2.24, 2.45) is 5.92 Å². The molecule has 0 bridgehead atoms. The zero-order chi connectivity index (χ0) is 24.2. The van der Waals surface area contributed by atoms with Crippen molar-refractivity contribution in [1.29, 1.82) is 0 Å². The van der Waals surface area contributed by atoms with E-state index in [0.717, 1.165) is 0 Å². The van der Waals surface area contributed by atoms with Gasteiger partial charge in [0, 0.05) is 14.0 Å². The molecule has 1 amide bonds. The van der Waals surface area contributed by atoms with Gasteiger partial charge in [0.1, 0.15) is 24.7 Å². The third kappa shape index (κ3) is 8.06. The molecule has 33 heavy (non-hydrogen) atoms. The van der Waals surface area contributed by atoms with Crippen molar-refractivity contribution < 1.29 is 47.9 Å². The fraction of sp³-hybridized carbons (Fsp3) is 0.591. The Labute approximate surface area is 192 Å². The first-order valence-corrected chi connectivity index (χ1v) is 10.5. The molecule has 11 nitrogen and oxygen atoms in total. The fourth-order valence-corrected chi connectivity index (χ4v) is 3.32. The van der Waals surface area contributed by atoms with Crippen LogP contribution in [0.5, 0.6) is 5.75 Å². The van der Waals surface area contributed by atoms with Gasteiger partial charge in [-0.2, -0.15) is 0 Å². The van der Waals surface area contributed by atoms with E-state index in [9.17, 15) is 19.5 Å². The Morgan fingerprint density at radius 2 is 1.76 bits per heavy atom. The molecule has 1 saturated heterocycles. The van der Waals surface area contributed by atoms with Crippen molar-refractivity contribution in [3.05, 3.63) is 29.8 Å². The summed E-state index contributed by atoms with van der Waals surface area (Å²) in [4.78, 5) is 34.2. The zero-order valence-corrected chi connectivity index (χ0v) is 18.9. The Hall–Kier alpha value is -2.57. The van der Waals surface area contributed by atoms with E-state index >= 15 is 0 Å². The maximum Gasteiger partial charge on any atom is 0.337 e. The van der Waals surface area contributed by atoms with Gasteiger partial charge in [0.05, 0.1) is 57.2 Å². The first kappa shape index (κ1) is 26.7. The molecule has 1 heterocycles. The van der Waals surface area contributed by atoms with Gasteiger partial charge in [0.25, 0.3) is 0 Å². The van der Waals surface area contributed by atoms with Crippen LogP contribution in [-0.4, -0.2) is 95.1 Å². The van der Waals surface area contributed by atoms with Crippen LogP contribution in [0, 0.1) is 5.92 Å². The molecule has 0 saturated carbocycles. The van der Waals surface area contributed by atoms with Gasteiger partial charge in [0.2, 0.25) is 5.91 Å². The lowest BCUT2D eigenvalue weighted by atomic mass is 9.89. The number of aliphatic hydroxyl groups is 1. The summed E-state index contributed by atoms with van der Waals surface area (Å²) in [5, 5.41) is 13.0. The van der Waals surface area contributed by atoms with E-state index in [1.807, 2.05) is 0 Å². The number of rotatable bonds is 13. The van der Waals surface area contributed by atoms with Crippen molar-refractivity contribution in [3.63, 3.8) is 0 Å². The van der Waals surface area contributed by atoms with Crippen LogP contribution < -0.4 is 10.1 Å². The largest absolute Gasteiger partial charge is 0.491 e. The molecule has 2 rings (SSSR count). The number of methoxy groups -OCH3 is 2. The van der Waals surface area contributed by atoms with Crippen LogP contribution >= 0.6 is 0 Å². The Kier molecular flexibility index (Phi) is 11.2. The van der Waals surface area contributed by atoms with Gasteiger partial charge >= 0.3 is 5.97 Å². The SMILES string of the molecule is COC(=O)c1ccc(OCCOCCOC[C@H]2O[C@H](OC)[C@H](NC(C)=O)[C@@H](O)[C@H]2C=O)cc1. The quantitative estimate of drug-likeness (QED) is 0.229. The Bertz CT molecular complexity index is 756. The Morgan fingerprint density at radius 3 is 2.36 bits per heavy atom. The molecule has 2 N–H and O–H groups in total. The molecule has 1 fully saturated rings. The number of carbonyl (C=O) groups is 3. The van der Waals surface area contributed by atoms with Gasteiger partial charge < -0.3 is 43.6 Å². The van der Waals surface area contributed by atoms with Crippen molar-refractivity contribution in [2.75, 3.05) is 47.3 Å². The third-order valence-corrected chi connectivity index (χ3v) is 4.98. The molecule has 1 aliphatic rings. The minimum Gasteiger partial charge on any atom is -0.491 e. The van der Waals surface area contributed by atoms with Gasteiger partial charge in [-0.15, -0.1) is 0 Å². The maximum atomic E-state index is 11.5. The summed E-state index contributed by atoms with van der Waals surface area (Å²) in [7, 11) is 2.70. The lowest BCUT2D eigenvalue weighted by Gasteiger charge is -2.42. The van der Waals surface area contributed by atoms with Crippen LogP contribution in [0.4, 0.5) is 0 Å². The van der Waals surface area contributed by atoms with E-state index in [4.69, 9.17) is 23.7 Å². The van der Waals surface area contributed by atoms with E-state index in [-0.39, 0.29) is 25.7 Å². The number of benzene rings is 1. The molecule has 1 aromatic carbocycles. The molecule has 11 heteroatoms. The van der Waals surface area contributed by atoms with Crippen LogP contribution in [0.3, 0.4) is 0 Å². The molecule has 184 valence electrons. The van der Waals surface area contributed by atoms with Gasteiger partial charge in [-0.05, 0) is 24.3 Å². The Morgan fingerprint density at radius 1 is 1.09 bits per heavy atom. The molecule has 5 atom stereocenters. The van der Waals surface area contributed by atoms with E-state index in [0.29, 0.717) is 30.8 Å². The zero-order valence-electron chi connectivity index (χ0n) is 18.9. The molecule has 0 unspecified atom stereocenters. The number of aldehydes is 1. The second-order valence-electron chi connectivity index (χ2n) is 7.26. The summed E-state index contributed by atoms with van der Waals surface area (Å²) in [6.07, 6.45) is -2.23. The summed E-state index contributed by atoms with van der Waals surface area (Å²) in [5.41, 5.74) is 0.437. The summed E-state index contributed by atoms with van der Waals surface area (Å²) < 4.78 is 32.0. The average Bonchev–Trinajstić information content (AvgIpc) is 2.81. The summed E-state index contributed by atoms with van der Waals surface area (Å²) in [5.74, 6) is -1.07. The highest BCUT2D eigenvalue weighted by Gasteiger charge is 2.45. The number of carbonyl (C=O) groups excluding carboxylic acids is 3. The lowest BCUT2D eigenvalue weighted by Crippen LogP contribution is -2.62. The average molecular weight is 469 g/mol. The minimum atomic E-state index is -1.17. The van der Waals surface area contributed by atoms with Gasteiger partial charge in [-0.1, -0.05) is 0 Å². The lowest BCUT2D eigenvalue weighted by molar-refractivity contribution is -0.246. The first-order valence-electron chi connectivity index (χ1n) is 10.5. The highest BCUT2D eigenvalue weighted by Crippen LogP contribution is 2.26. The standard InChI is InChI=1S/C22H31NO10/c1-14(25)23-19-20(26)17(12-24)18(33-22(19)29-3)13-31-9-8-30-10-11-32-16-6-4-15(5-7-16)21(27)28-2/h4-7,12,17-20,22,26H,8-11,13H2,1-3H3,(H,23,25)/t17-,18+,19+,20-,22-/m0/s1. The molecule has 0 aliphatic carbocycles. The van der Waals surface area contributed by atoms with Crippen molar-refractivity contribution in [1.82, 2.24) is 5.32 Å². The normalized spacial score (nSPS) is 24.7.